The van der Waals surface area contributed by atoms with E-state index in [9.17, 15) is 24.0 Å². The summed E-state index contributed by atoms with van der Waals surface area (Å²) in [7, 11) is 3.67. The van der Waals surface area contributed by atoms with Gasteiger partial charge in [0, 0.05) is 105 Å². The molecule has 25 heteroatoms. The fourth-order valence-electron chi connectivity index (χ4n) is 9.02. The Balaban J connectivity index is 0.000000219. The number of fused-ring (bicyclic) bond motifs is 2. The zero-order chi connectivity index (χ0) is 54.4. The zero-order valence-corrected chi connectivity index (χ0v) is 44.1. The highest BCUT2D eigenvalue weighted by molar-refractivity contribution is 5.87. The molecule has 25 nitrogen and oxygen atoms in total. The highest BCUT2D eigenvalue weighted by Gasteiger charge is 2.41. The first-order valence-corrected chi connectivity index (χ1v) is 25.1. The van der Waals surface area contributed by atoms with Crippen molar-refractivity contribution in [1.29, 1.82) is 0 Å². The number of aromatic nitrogens is 10. The number of carbonyl (C=O) groups is 5. The van der Waals surface area contributed by atoms with E-state index in [2.05, 4.69) is 31.0 Å². The van der Waals surface area contributed by atoms with Crippen LogP contribution in [0.5, 0.6) is 0 Å². The maximum absolute atomic E-state index is 13.2. The average Bonchev–Trinajstić information content (AvgIpc) is 4.17. The van der Waals surface area contributed by atoms with Crippen LogP contribution in [0.25, 0.3) is 33.5 Å². The lowest BCUT2D eigenvalue weighted by atomic mass is 9.89. The third-order valence-corrected chi connectivity index (χ3v) is 12.5. The Morgan fingerprint density at radius 3 is 1.49 bits per heavy atom. The lowest BCUT2D eigenvalue weighted by molar-refractivity contribution is -0.143. The van der Waals surface area contributed by atoms with E-state index in [1.54, 1.807) is 104 Å². The van der Waals surface area contributed by atoms with Gasteiger partial charge in [0.25, 0.3) is 0 Å². The molecular formula is C50H70N16O9. The lowest BCUT2D eigenvalue weighted by Gasteiger charge is -2.39. The first-order valence-electron chi connectivity index (χ1n) is 25.1. The predicted octanol–water partition coefficient (Wildman–Crippen LogP) is 3.96. The van der Waals surface area contributed by atoms with E-state index >= 15 is 0 Å². The Hall–Kier alpha value is -7.83. The summed E-state index contributed by atoms with van der Waals surface area (Å²) in [5.41, 5.74) is 17.1. The van der Waals surface area contributed by atoms with Crippen LogP contribution in [0.4, 0.5) is 21.2 Å². The molecule has 0 aromatic carbocycles. The van der Waals surface area contributed by atoms with Gasteiger partial charge in [0.05, 0.1) is 49.2 Å². The number of nitrogens with two attached hydrogens (primary N) is 2. The van der Waals surface area contributed by atoms with E-state index < -0.39 is 41.4 Å². The number of piperidine rings is 2. The van der Waals surface area contributed by atoms with Crippen molar-refractivity contribution in [2.24, 2.45) is 14.1 Å². The molecule has 2 aliphatic rings. The number of nitrogens with one attached hydrogen (secondary N) is 2. The quantitative estimate of drug-likeness (QED) is 0.0621. The molecule has 2 aliphatic heterocycles. The second-order valence-corrected chi connectivity index (χ2v) is 20.7. The molecule has 8 heterocycles. The van der Waals surface area contributed by atoms with Crippen LogP contribution in [0.15, 0.2) is 49.3 Å². The third-order valence-electron chi connectivity index (χ3n) is 12.5. The van der Waals surface area contributed by atoms with Crippen LogP contribution in [0.3, 0.4) is 0 Å². The van der Waals surface area contributed by atoms with Gasteiger partial charge in [-0.3, -0.25) is 33.5 Å². The normalized spacial score (nSPS) is 18.1. The summed E-state index contributed by atoms with van der Waals surface area (Å²) >= 11 is 0. The van der Waals surface area contributed by atoms with Crippen LogP contribution in [0.2, 0.25) is 0 Å². The fraction of sp³-hybridized carbons (Fsp3) is 0.540. The van der Waals surface area contributed by atoms with Gasteiger partial charge in [-0.25, -0.2) is 19.6 Å². The van der Waals surface area contributed by atoms with E-state index in [0.717, 1.165) is 27.9 Å². The standard InChI is InChI=1S/C26H36N8O5.C24H34N8O4/c1-6-38-22(35)9-10-28-24(36)20-8-7-16(15-33(20)25(37)39-26(2,3)4)19-11-21(27)34-23(31-19)18(13-30-34)17-12-29-32(5)14-17;1-24(2,3)36-23(35)31-14-15(6-7-19(31)22(34)26-8-5-9-33)18-10-20(25)32-21(29-18)17(12-28-32)16-11-27-30(4)13-16/h11-14,16,20H,6-10,15,27H2,1-5H3,(H,28,36);10-13,15,19,33H,5-9,14,25H2,1-4H3,(H,26,34)/t16-,20-;15-,19-/m00/s1. The van der Waals surface area contributed by atoms with Crippen LogP contribution in [-0.2, 0) is 42.7 Å². The maximum atomic E-state index is 13.2. The number of esters is 1. The number of hydrogen-bond acceptors (Lipinski definition) is 17. The molecule has 75 heavy (non-hydrogen) atoms. The van der Waals surface area contributed by atoms with Gasteiger partial charge >= 0.3 is 18.2 Å². The smallest absolute Gasteiger partial charge is 0.410 e. The first kappa shape index (κ1) is 54.9. The molecular weight excluding hydrogens is 969 g/mol. The van der Waals surface area contributed by atoms with Gasteiger partial charge in [-0.2, -0.15) is 29.4 Å². The molecule has 4 atom stereocenters. The van der Waals surface area contributed by atoms with Crippen LogP contribution < -0.4 is 22.1 Å². The van der Waals surface area contributed by atoms with Gasteiger partial charge in [-0.1, -0.05) is 0 Å². The van der Waals surface area contributed by atoms with Gasteiger partial charge in [0.15, 0.2) is 11.3 Å². The number of anilines is 2. The highest BCUT2D eigenvalue weighted by atomic mass is 16.6. The minimum absolute atomic E-state index is 0.0198. The lowest BCUT2D eigenvalue weighted by Crippen LogP contribution is -2.54. The van der Waals surface area contributed by atoms with Crippen molar-refractivity contribution in [2.45, 2.75) is 122 Å². The second kappa shape index (κ2) is 23.2. The van der Waals surface area contributed by atoms with E-state index in [0.29, 0.717) is 67.3 Å². The van der Waals surface area contributed by atoms with Crippen molar-refractivity contribution < 1.29 is 43.3 Å². The number of aliphatic hydroxyl groups is 1. The molecule has 2 saturated heterocycles. The number of carbonyl (C=O) groups excluding carboxylic acids is 5. The molecule has 0 spiro atoms. The minimum Gasteiger partial charge on any atom is -0.466 e. The summed E-state index contributed by atoms with van der Waals surface area (Å²) in [6.07, 6.45) is 12.0. The van der Waals surface area contributed by atoms with E-state index in [1.807, 2.05) is 26.5 Å². The van der Waals surface area contributed by atoms with E-state index in [-0.39, 0.29) is 62.9 Å². The summed E-state index contributed by atoms with van der Waals surface area (Å²) in [5.74, 6) is -0.500. The van der Waals surface area contributed by atoms with Gasteiger partial charge in [0.2, 0.25) is 11.8 Å². The zero-order valence-electron chi connectivity index (χ0n) is 44.1. The molecule has 0 aliphatic carbocycles. The average molecular weight is 1040 g/mol. The van der Waals surface area contributed by atoms with E-state index in [1.165, 1.54) is 9.80 Å². The molecule has 0 unspecified atom stereocenters. The van der Waals surface area contributed by atoms with Crippen LogP contribution in [-0.4, -0.2) is 156 Å². The van der Waals surface area contributed by atoms with Crippen molar-refractivity contribution >= 4 is 52.9 Å². The van der Waals surface area contributed by atoms with Crippen molar-refractivity contribution in [3.05, 3.63) is 60.7 Å². The number of amides is 4. The van der Waals surface area contributed by atoms with Gasteiger partial charge in [-0.05, 0) is 80.6 Å². The Bertz CT molecular complexity index is 3000. The Labute approximate surface area is 434 Å². The Morgan fingerprint density at radius 2 is 1.11 bits per heavy atom. The van der Waals surface area contributed by atoms with Gasteiger partial charge in [0.1, 0.15) is 34.9 Å². The predicted molar refractivity (Wildman–Crippen MR) is 276 cm³/mol. The second-order valence-electron chi connectivity index (χ2n) is 20.7. The Kier molecular flexibility index (Phi) is 17.0. The fourth-order valence-corrected chi connectivity index (χ4v) is 9.02. The van der Waals surface area contributed by atoms with Crippen molar-refractivity contribution in [1.82, 2.24) is 69.2 Å². The number of hydrogen-bond donors (Lipinski definition) is 5. The summed E-state index contributed by atoms with van der Waals surface area (Å²) in [4.78, 5) is 76.7. The summed E-state index contributed by atoms with van der Waals surface area (Å²) in [5, 5.41) is 31.8. The number of aryl methyl sites for hydroxylation is 2. The van der Waals surface area contributed by atoms with Gasteiger partial charge in [-0.15, -0.1) is 0 Å². The minimum atomic E-state index is -0.750. The molecule has 6 aromatic heterocycles. The number of nitrogens with zero attached hydrogens (tertiary/aromatic N) is 12. The maximum Gasteiger partial charge on any atom is 0.410 e. The summed E-state index contributed by atoms with van der Waals surface area (Å²) in [6, 6.07) is 2.11. The highest BCUT2D eigenvalue weighted by Crippen LogP contribution is 2.35. The molecule has 0 saturated carbocycles. The van der Waals surface area contributed by atoms with E-state index in [4.69, 9.17) is 40.8 Å². The van der Waals surface area contributed by atoms with Crippen molar-refractivity contribution in [2.75, 3.05) is 50.9 Å². The third kappa shape index (κ3) is 13.5. The summed E-state index contributed by atoms with van der Waals surface area (Å²) in [6.45, 7) is 13.6. The molecule has 0 radical (unpaired) electrons. The molecule has 4 amide bonds. The first-order chi connectivity index (χ1) is 35.5. The molecule has 404 valence electrons. The molecule has 7 N–H and O–H groups in total. The molecule has 0 bridgehead atoms. The Morgan fingerprint density at radius 1 is 0.667 bits per heavy atom. The molecule has 6 aromatic rings. The monoisotopic (exact) mass is 1040 g/mol. The number of rotatable bonds is 13. The number of ether oxygens (including phenoxy) is 3. The van der Waals surface area contributed by atoms with Crippen LogP contribution in [0, 0.1) is 0 Å². The van der Waals surface area contributed by atoms with Crippen LogP contribution in [0.1, 0.15) is 110 Å². The topological polar surface area (TPSA) is 312 Å². The number of aliphatic hydroxyl groups excluding tert-OH is 1. The van der Waals surface area contributed by atoms with Gasteiger partial charge < -0.3 is 41.4 Å². The number of nitrogen functional groups attached to an aromatic ring is 2. The summed E-state index contributed by atoms with van der Waals surface area (Å²) < 4.78 is 22.7. The molecule has 8 rings (SSSR count). The molecule has 2 fully saturated rings. The van der Waals surface area contributed by atoms with Crippen LogP contribution >= 0.6 is 0 Å². The largest absolute Gasteiger partial charge is 0.466 e. The number of likely N-dealkylation sites (tertiary alicyclic amines) is 2. The SMILES string of the molecule is CCOC(=O)CCNC(=O)[C@@H]1CC[C@H](c2cc(N)n3ncc(-c4cnn(C)c4)c3n2)CN1C(=O)OC(C)(C)C.Cn1cc(-c2cnn3c(N)cc([C@H]4CC[C@@H](C(=O)NCCCO)N(C(=O)OC(C)(C)C)C4)nc23)cn1. The van der Waals surface area contributed by atoms with Crippen molar-refractivity contribution in [3.63, 3.8) is 0 Å². The van der Waals surface area contributed by atoms with Crippen molar-refractivity contribution in [3.8, 4) is 22.3 Å².